The van der Waals surface area contributed by atoms with Gasteiger partial charge in [-0.3, -0.25) is 4.79 Å². The summed E-state index contributed by atoms with van der Waals surface area (Å²) in [5.74, 6) is 0.201. The number of rotatable bonds is 5. The van der Waals surface area contributed by atoms with Crippen molar-refractivity contribution in [3.8, 4) is 0 Å². The number of Topliss-reactive ketones (excluding diaryl/α,β-unsaturated/α-hetero) is 1. The Morgan fingerprint density at radius 1 is 1.64 bits per heavy atom. The molecule has 1 unspecified atom stereocenters. The molecule has 14 heavy (non-hydrogen) atoms. The summed E-state index contributed by atoms with van der Waals surface area (Å²) in [6.45, 7) is 4.97. The van der Waals surface area contributed by atoms with E-state index < -0.39 is 0 Å². The molecule has 0 aliphatic heterocycles. The van der Waals surface area contributed by atoms with Crippen LogP contribution in [0.15, 0.2) is 15.2 Å². The van der Waals surface area contributed by atoms with Crippen LogP contribution < -0.4 is 5.32 Å². The summed E-state index contributed by atoms with van der Waals surface area (Å²) in [4.78, 5) is 11.7. The molecule has 2 nitrogen and oxygen atoms in total. The first-order chi connectivity index (χ1) is 6.65. The average molecular weight is 276 g/mol. The minimum absolute atomic E-state index is 0.201. The molecule has 1 rings (SSSR count). The van der Waals surface area contributed by atoms with Crippen LogP contribution in [0.25, 0.3) is 0 Å². The Labute approximate surface area is 96.8 Å². The fourth-order valence-corrected chi connectivity index (χ4v) is 2.81. The quantitative estimate of drug-likeness (QED) is 0.837. The largest absolute Gasteiger partial charge is 0.314 e. The molecule has 1 aromatic heterocycles. The summed E-state index contributed by atoms with van der Waals surface area (Å²) in [7, 11) is 0. The minimum atomic E-state index is 0.201. The lowest BCUT2D eigenvalue weighted by atomic mass is 10.1. The first kappa shape index (κ1) is 11.9. The van der Waals surface area contributed by atoms with Gasteiger partial charge in [-0.25, -0.2) is 0 Å². The van der Waals surface area contributed by atoms with Gasteiger partial charge < -0.3 is 5.32 Å². The Balaban J connectivity index is 2.55. The van der Waals surface area contributed by atoms with Crippen LogP contribution in [0, 0.1) is 0 Å². The normalized spacial score (nSPS) is 12.8. The minimum Gasteiger partial charge on any atom is -0.314 e. The van der Waals surface area contributed by atoms with E-state index in [1.165, 1.54) is 0 Å². The van der Waals surface area contributed by atoms with Gasteiger partial charge in [-0.15, -0.1) is 0 Å². The van der Waals surface area contributed by atoms with Crippen LogP contribution in [0.1, 0.15) is 30.6 Å². The lowest BCUT2D eigenvalue weighted by molar-refractivity contribution is 0.0971. The highest BCUT2D eigenvalue weighted by Gasteiger charge is 2.13. The monoisotopic (exact) mass is 275 g/mol. The second-order valence-corrected chi connectivity index (χ2v) is 4.82. The maximum atomic E-state index is 11.7. The van der Waals surface area contributed by atoms with E-state index in [4.69, 9.17) is 0 Å². The van der Waals surface area contributed by atoms with E-state index >= 15 is 0 Å². The van der Waals surface area contributed by atoms with Gasteiger partial charge in [0.2, 0.25) is 0 Å². The molecule has 1 aromatic rings. The topological polar surface area (TPSA) is 29.1 Å². The molecular weight excluding hydrogens is 262 g/mol. The van der Waals surface area contributed by atoms with E-state index in [9.17, 15) is 4.79 Å². The molecule has 1 heterocycles. The van der Waals surface area contributed by atoms with Crippen molar-refractivity contribution < 1.29 is 4.79 Å². The number of carbonyl (C=O) groups is 1. The van der Waals surface area contributed by atoms with Crippen molar-refractivity contribution in [2.24, 2.45) is 0 Å². The van der Waals surface area contributed by atoms with Crippen LogP contribution in [-0.2, 0) is 0 Å². The molecule has 0 aliphatic rings. The van der Waals surface area contributed by atoms with Gasteiger partial charge in [0.05, 0.1) is 0 Å². The van der Waals surface area contributed by atoms with Gasteiger partial charge in [-0.2, -0.15) is 11.3 Å². The summed E-state index contributed by atoms with van der Waals surface area (Å²) >= 11 is 4.91. The molecule has 0 bridgehead atoms. The number of nitrogens with one attached hydrogen (secondary N) is 1. The van der Waals surface area contributed by atoms with Crippen molar-refractivity contribution >= 4 is 33.0 Å². The van der Waals surface area contributed by atoms with Crippen molar-refractivity contribution in [2.75, 3.05) is 6.54 Å². The third-order valence-electron chi connectivity index (χ3n) is 1.96. The summed E-state index contributed by atoms with van der Waals surface area (Å²) in [6, 6.07) is 0.249. The molecule has 1 N–H and O–H groups in total. The van der Waals surface area contributed by atoms with Crippen LogP contribution in [0.2, 0.25) is 0 Å². The van der Waals surface area contributed by atoms with E-state index in [0.717, 1.165) is 16.6 Å². The van der Waals surface area contributed by atoms with Crippen LogP contribution >= 0.6 is 27.3 Å². The van der Waals surface area contributed by atoms with Gasteiger partial charge in [0.25, 0.3) is 0 Å². The predicted molar refractivity (Wildman–Crippen MR) is 64.1 cm³/mol. The van der Waals surface area contributed by atoms with Crippen molar-refractivity contribution in [2.45, 2.75) is 26.3 Å². The molecule has 78 valence electrons. The highest BCUT2D eigenvalue weighted by atomic mass is 79.9. The number of hydrogen-bond acceptors (Lipinski definition) is 3. The van der Waals surface area contributed by atoms with Crippen LogP contribution in [0.3, 0.4) is 0 Å². The molecule has 0 saturated carbocycles. The zero-order valence-corrected chi connectivity index (χ0v) is 10.7. The molecule has 0 fully saturated rings. The molecule has 0 aromatic carbocycles. The Bertz CT molecular complexity index is 311. The molecule has 0 amide bonds. The number of hydrogen-bond donors (Lipinski definition) is 1. The number of halogens is 1. The van der Waals surface area contributed by atoms with Crippen molar-refractivity contribution in [1.29, 1.82) is 0 Å². The Hall–Kier alpha value is -0.190. The van der Waals surface area contributed by atoms with Gasteiger partial charge in [-0.1, -0.05) is 6.92 Å². The summed E-state index contributed by atoms with van der Waals surface area (Å²) in [6.07, 6.45) is 0.559. The summed E-state index contributed by atoms with van der Waals surface area (Å²) < 4.78 is 0.913. The van der Waals surface area contributed by atoms with E-state index in [0.29, 0.717) is 6.42 Å². The third kappa shape index (κ3) is 3.19. The van der Waals surface area contributed by atoms with E-state index in [1.807, 2.05) is 24.6 Å². The van der Waals surface area contributed by atoms with Crippen LogP contribution in [0.4, 0.5) is 0 Å². The van der Waals surface area contributed by atoms with Crippen molar-refractivity contribution in [3.05, 3.63) is 20.8 Å². The fourth-order valence-electron chi connectivity index (χ4n) is 1.29. The van der Waals surface area contributed by atoms with Gasteiger partial charge >= 0.3 is 0 Å². The van der Waals surface area contributed by atoms with Crippen molar-refractivity contribution in [1.82, 2.24) is 5.32 Å². The highest BCUT2D eigenvalue weighted by molar-refractivity contribution is 9.10. The van der Waals surface area contributed by atoms with Gasteiger partial charge in [-0.05, 0) is 29.4 Å². The zero-order chi connectivity index (χ0) is 10.6. The Morgan fingerprint density at radius 3 is 2.86 bits per heavy atom. The van der Waals surface area contributed by atoms with Crippen LogP contribution in [0.5, 0.6) is 0 Å². The van der Waals surface area contributed by atoms with E-state index in [2.05, 4.69) is 21.2 Å². The molecule has 0 aliphatic carbocycles. The average Bonchev–Trinajstić information content (AvgIpc) is 2.51. The SMILES string of the molecule is CCNC(C)CC(=O)c1cscc1Br. The van der Waals surface area contributed by atoms with Crippen LogP contribution in [-0.4, -0.2) is 18.4 Å². The lowest BCUT2D eigenvalue weighted by Gasteiger charge is -2.10. The first-order valence-corrected chi connectivity index (χ1v) is 6.37. The van der Waals surface area contributed by atoms with Crippen molar-refractivity contribution in [3.63, 3.8) is 0 Å². The predicted octanol–water partition coefficient (Wildman–Crippen LogP) is 3.08. The maximum Gasteiger partial charge on any atom is 0.166 e. The highest BCUT2D eigenvalue weighted by Crippen LogP contribution is 2.22. The smallest absolute Gasteiger partial charge is 0.166 e. The Morgan fingerprint density at radius 2 is 2.36 bits per heavy atom. The molecular formula is C10H14BrNOS. The molecule has 0 radical (unpaired) electrons. The third-order valence-corrected chi connectivity index (χ3v) is 3.66. The summed E-state index contributed by atoms with van der Waals surface area (Å²) in [5, 5.41) is 7.05. The van der Waals surface area contributed by atoms with E-state index in [-0.39, 0.29) is 11.8 Å². The second kappa shape index (κ2) is 5.63. The number of thiophene rings is 1. The number of ketones is 1. The zero-order valence-electron chi connectivity index (χ0n) is 8.34. The molecule has 0 saturated heterocycles. The fraction of sp³-hybridized carbons (Fsp3) is 0.500. The Kier molecular flexibility index (Phi) is 4.78. The first-order valence-electron chi connectivity index (χ1n) is 4.63. The van der Waals surface area contributed by atoms with Gasteiger partial charge in [0, 0.05) is 33.3 Å². The molecule has 0 spiro atoms. The standard InChI is InChI=1S/C10H14BrNOS/c1-3-12-7(2)4-10(13)8-5-14-6-9(8)11/h5-7,12H,3-4H2,1-2H3. The maximum absolute atomic E-state index is 11.7. The van der Waals surface area contributed by atoms with Gasteiger partial charge in [0.15, 0.2) is 5.78 Å². The number of carbonyl (C=O) groups excluding carboxylic acids is 1. The van der Waals surface area contributed by atoms with E-state index in [1.54, 1.807) is 11.3 Å². The lowest BCUT2D eigenvalue weighted by Crippen LogP contribution is -2.28. The molecule has 4 heteroatoms. The second-order valence-electron chi connectivity index (χ2n) is 3.22. The van der Waals surface area contributed by atoms with Gasteiger partial charge in [0.1, 0.15) is 0 Å². The summed E-state index contributed by atoms with van der Waals surface area (Å²) in [5.41, 5.74) is 0.805. The molecule has 1 atom stereocenters.